The van der Waals surface area contributed by atoms with Crippen molar-refractivity contribution in [2.75, 3.05) is 0 Å². The highest BCUT2D eigenvalue weighted by Crippen LogP contribution is 2.34. The van der Waals surface area contributed by atoms with Crippen molar-refractivity contribution in [2.24, 2.45) is 0 Å². The maximum Gasteiger partial charge on any atom is 0.158 e. The molecule has 2 bridgehead atoms. The van der Waals surface area contributed by atoms with E-state index in [1.54, 1.807) is 0 Å². The third-order valence-corrected chi connectivity index (χ3v) is 6.69. The summed E-state index contributed by atoms with van der Waals surface area (Å²) >= 11 is 0. The lowest BCUT2D eigenvalue weighted by molar-refractivity contribution is 0.396. The molecule has 2 saturated heterocycles. The number of fused-ring (bicyclic) bond motifs is 2. The molecule has 0 aromatic heterocycles. The van der Waals surface area contributed by atoms with Crippen molar-refractivity contribution in [3.05, 3.63) is 0 Å². The number of nitrogens with one attached hydrogen (secondary N) is 1. The Kier molecular flexibility index (Phi) is 2.62. The Labute approximate surface area is 92.6 Å². The van der Waals surface area contributed by atoms with Gasteiger partial charge in [0.2, 0.25) is 0 Å². The van der Waals surface area contributed by atoms with Crippen molar-refractivity contribution in [1.29, 1.82) is 0 Å². The van der Waals surface area contributed by atoms with E-state index in [2.05, 4.69) is 5.32 Å². The van der Waals surface area contributed by atoms with Gasteiger partial charge in [0.1, 0.15) is 0 Å². The number of hydrogen-bond acceptors (Lipinski definition) is 3. The lowest BCUT2D eigenvalue weighted by Crippen LogP contribution is -2.47. The summed E-state index contributed by atoms with van der Waals surface area (Å²) in [5.41, 5.74) is 0. The quantitative estimate of drug-likeness (QED) is 0.743. The molecule has 0 aliphatic carbocycles. The SMILES string of the molecule is CC(C)(C)S(=O)(=O)C1C[C@H]2CC[C@@H](C1)N2. The van der Waals surface area contributed by atoms with Gasteiger partial charge in [0.15, 0.2) is 9.84 Å². The molecule has 3 atom stereocenters. The zero-order valence-electron chi connectivity index (χ0n) is 9.79. The molecule has 0 aromatic carbocycles. The topological polar surface area (TPSA) is 46.2 Å². The third kappa shape index (κ3) is 1.94. The van der Waals surface area contributed by atoms with Crippen LogP contribution in [0.1, 0.15) is 46.5 Å². The Bertz CT molecular complexity index is 330. The van der Waals surface area contributed by atoms with Crippen LogP contribution in [-0.2, 0) is 9.84 Å². The summed E-state index contributed by atoms with van der Waals surface area (Å²) in [5, 5.41) is 3.36. The summed E-state index contributed by atoms with van der Waals surface area (Å²) in [4.78, 5) is 0. The fourth-order valence-corrected chi connectivity index (χ4v) is 4.73. The second-order valence-corrected chi connectivity index (χ2v) is 8.87. The monoisotopic (exact) mass is 231 g/mol. The van der Waals surface area contributed by atoms with Crippen LogP contribution in [0.5, 0.6) is 0 Å². The predicted molar refractivity (Wildman–Crippen MR) is 61.6 cm³/mol. The van der Waals surface area contributed by atoms with Gasteiger partial charge in [-0.3, -0.25) is 0 Å². The van der Waals surface area contributed by atoms with Crippen LogP contribution in [-0.4, -0.2) is 30.5 Å². The van der Waals surface area contributed by atoms with Crippen LogP contribution in [0.3, 0.4) is 0 Å². The van der Waals surface area contributed by atoms with Crippen LogP contribution in [0, 0.1) is 0 Å². The van der Waals surface area contributed by atoms with Crippen molar-refractivity contribution in [3.8, 4) is 0 Å². The van der Waals surface area contributed by atoms with Gasteiger partial charge >= 0.3 is 0 Å². The van der Waals surface area contributed by atoms with Crippen LogP contribution in [0.25, 0.3) is 0 Å². The fourth-order valence-electron chi connectivity index (χ4n) is 2.76. The van der Waals surface area contributed by atoms with Crippen LogP contribution < -0.4 is 5.32 Å². The molecule has 88 valence electrons. The Morgan fingerprint density at radius 2 is 1.53 bits per heavy atom. The van der Waals surface area contributed by atoms with E-state index < -0.39 is 14.6 Å². The summed E-state index contributed by atoms with van der Waals surface area (Å²) in [7, 11) is -2.97. The summed E-state index contributed by atoms with van der Waals surface area (Å²) in [6.45, 7) is 5.44. The molecular formula is C11H21NO2S. The van der Waals surface area contributed by atoms with Crippen LogP contribution >= 0.6 is 0 Å². The van der Waals surface area contributed by atoms with E-state index in [1.807, 2.05) is 20.8 Å². The molecule has 2 fully saturated rings. The van der Waals surface area contributed by atoms with Gasteiger partial charge in [-0.1, -0.05) is 0 Å². The van der Waals surface area contributed by atoms with Crippen molar-refractivity contribution in [1.82, 2.24) is 5.32 Å². The van der Waals surface area contributed by atoms with Crippen LogP contribution in [0.4, 0.5) is 0 Å². The van der Waals surface area contributed by atoms with E-state index >= 15 is 0 Å². The van der Waals surface area contributed by atoms with E-state index in [-0.39, 0.29) is 5.25 Å². The maximum atomic E-state index is 12.3. The van der Waals surface area contributed by atoms with Gasteiger partial charge in [0, 0.05) is 12.1 Å². The first-order chi connectivity index (χ1) is 6.80. The molecule has 15 heavy (non-hydrogen) atoms. The minimum Gasteiger partial charge on any atom is -0.311 e. The van der Waals surface area contributed by atoms with Gasteiger partial charge in [-0.2, -0.15) is 0 Å². The number of sulfone groups is 1. The molecule has 0 radical (unpaired) electrons. The minimum absolute atomic E-state index is 0.115. The first-order valence-corrected chi connectivity index (χ1v) is 7.35. The highest BCUT2D eigenvalue weighted by Gasteiger charge is 2.43. The molecule has 3 nitrogen and oxygen atoms in total. The highest BCUT2D eigenvalue weighted by atomic mass is 32.2. The fraction of sp³-hybridized carbons (Fsp3) is 1.00. The van der Waals surface area contributed by atoms with Gasteiger partial charge in [0.25, 0.3) is 0 Å². The summed E-state index contributed by atoms with van der Waals surface area (Å²) in [6.07, 6.45) is 3.94. The van der Waals surface area contributed by atoms with Gasteiger partial charge in [-0.05, 0) is 46.5 Å². The molecule has 2 rings (SSSR count). The Balaban J connectivity index is 2.19. The lowest BCUT2D eigenvalue weighted by atomic mass is 10.1. The van der Waals surface area contributed by atoms with Crippen molar-refractivity contribution < 1.29 is 8.42 Å². The van der Waals surface area contributed by atoms with Crippen LogP contribution in [0.15, 0.2) is 0 Å². The molecule has 0 spiro atoms. The second kappa shape index (κ2) is 3.45. The molecule has 1 N–H and O–H groups in total. The number of hydrogen-bond donors (Lipinski definition) is 1. The summed E-state index contributed by atoms with van der Waals surface area (Å²) in [6, 6.07) is 0.900. The molecule has 0 aromatic rings. The maximum absolute atomic E-state index is 12.3. The normalized spacial score (nSPS) is 36.9. The average molecular weight is 231 g/mol. The van der Waals surface area contributed by atoms with Crippen molar-refractivity contribution in [2.45, 2.75) is 68.5 Å². The number of rotatable bonds is 1. The van der Waals surface area contributed by atoms with E-state index in [4.69, 9.17) is 0 Å². The Hall–Kier alpha value is -0.0900. The van der Waals surface area contributed by atoms with E-state index in [9.17, 15) is 8.42 Å². The first-order valence-electron chi connectivity index (χ1n) is 5.80. The molecule has 2 aliphatic rings. The lowest BCUT2D eigenvalue weighted by Gasteiger charge is -2.33. The minimum atomic E-state index is -2.97. The third-order valence-electron chi connectivity index (χ3n) is 3.72. The van der Waals surface area contributed by atoms with Gasteiger partial charge in [-0.25, -0.2) is 8.42 Å². The first kappa shape index (κ1) is 11.4. The molecule has 2 heterocycles. The summed E-state index contributed by atoms with van der Waals surface area (Å²) < 4.78 is 24.0. The van der Waals surface area contributed by atoms with Gasteiger partial charge < -0.3 is 5.32 Å². The number of piperidine rings is 1. The zero-order chi connectivity index (χ0) is 11.3. The van der Waals surface area contributed by atoms with E-state index in [0.29, 0.717) is 12.1 Å². The second-order valence-electron chi connectivity index (χ2n) is 5.89. The Morgan fingerprint density at radius 1 is 1.07 bits per heavy atom. The molecule has 4 heteroatoms. The van der Waals surface area contributed by atoms with Crippen molar-refractivity contribution in [3.63, 3.8) is 0 Å². The van der Waals surface area contributed by atoms with Crippen molar-refractivity contribution >= 4 is 9.84 Å². The standard InChI is InChI=1S/C11H21NO2S/c1-11(2,3)15(13,14)10-6-8-4-5-9(7-10)12-8/h8-10,12H,4-7H2,1-3H3/t8-,9+,10?. The van der Waals surface area contributed by atoms with E-state index in [1.165, 1.54) is 0 Å². The molecule has 0 amide bonds. The highest BCUT2D eigenvalue weighted by molar-refractivity contribution is 7.93. The molecule has 2 aliphatic heterocycles. The molecule has 0 saturated carbocycles. The average Bonchev–Trinajstić information content (AvgIpc) is 2.43. The smallest absolute Gasteiger partial charge is 0.158 e. The molecular weight excluding hydrogens is 210 g/mol. The zero-order valence-corrected chi connectivity index (χ0v) is 10.6. The molecule has 1 unspecified atom stereocenters. The summed E-state index contributed by atoms with van der Waals surface area (Å²) in [5.74, 6) is 0. The van der Waals surface area contributed by atoms with Crippen LogP contribution in [0.2, 0.25) is 0 Å². The van der Waals surface area contributed by atoms with E-state index in [0.717, 1.165) is 25.7 Å². The van der Waals surface area contributed by atoms with Gasteiger partial charge in [0.05, 0.1) is 10.00 Å². The Morgan fingerprint density at radius 3 is 1.93 bits per heavy atom. The predicted octanol–water partition coefficient (Wildman–Crippen LogP) is 1.48. The largest absolute Gasteiger partial charge is 0.311 e. The van der Waals surface area contributed by atoms with Gasteiger partial charge in [-0.15, -0.1) is 0 Å².